The van der Waals surface area contributed by atoms with Gasteiger partial charge in [0.1, 0.15) is 5.82 Å². The smallest absolute Gasteiger partial charge is 0.123 e. The van der Waals surface area contributed by atoms with E-state index < -0.39 is 0 Å². The van der Waals surface area contributed by atoms with Crippen LogP contribution in [0.1, 0.15) is 22.1 Å². The molecule has 3 heteroatoms. The molecule has 0 aromatic heterocycles. The maximum atomic E-state index is 12.8. The molecule has 0 N–H and O–H groups in total. The average Bonchev–Trinajstić information content (AvgIpc) is 2.32. The Bertz CT molecular complexity index is 522. The van der Waals surface area contributed by atoms with Crippen molar-refractivity contribution in [2.45, 2.75) is 12.3 Å². The Labute approximate surface area is 114 Å². The SMILES string of the molecule is Cc1ccc(Br)c(C(Cl)c2ccc(F)cc2)c1. The maximum Gasteiger partial charge on any atom is 0.123 e. The first-order chi connectivity index (χ1) is 8.08. The molecule has 0 fully saturated rings. The van der Waals surface area contributed by atoms with Gasteiger partial charge >= 0.3 is 0 Å². The molecule has 88 valence electrons. The molecule has 1 unspecified atom stereocenters. The summed E-state index contributed by atoms with van der Waals surface area (Å²) < 4.78 is 13.8. The molecule has 0 saturated carbocycles. The van der Waals surface area contributed by atoms with E-state index in [2.05, 4.69) is 15.9 Å². The zero-order valence-corrected chi connectivity index (χ0v) is 11.6. The molecule has 2 rings (SSSR count). The second-order valence-corrected chi connectivity index (χ2v) is 5.23. The highest BCUT2D eigenvalue weighted by Crippen LogP contribution is 2.34. The first-order valence-corrected chi connectivity index (χ1v) is 6.46. The lowest BCUT2D eigenvalue weighted by atomic mass is 10.0. The van der Waals surface area contributed by atoms with E-state index in [-0.39, 0.29) is 11.2 Å². The van der Waals surface area contributed by atoms with Crippen LogP contribution in [0, 0.1) is 12.7 Å². The minimum Gasteiger partial charge on any atom is -0.207 e. The summed E-state index contributed by atoms with van der Waals surface area (Å²) in [5.74, 6) is -0.249. The second-order valence-electron chi connectivity index (χ2n) is 3.94. The molecule has 1 atom stereocenters. The fraction of sp³-hybridized carbons (Fsp3) is 0.143. The van der Waals surface area contributed by atoms with Crippen LogP contribution in [0.3, 0.4) is 0 Å². The minimum atomic E-state index is -0.273. The normalized spacial score (nSPS) is 12.5. The highest BCUT2D eigenvalue weighted by atomic mass is 79.9. The van der Waals surface area contributed by atoms with E-state index in [4.69, 9.17) is 11.6 Å². The minimum absolute atomic E-state index is 0.249. The van der Waals surface area contributed by atoms with Crippen LogP contribution >= 0.6 is 27.5 Å². The van der Waals surface area contributed by atoms with Crippen molar-refractivity contribution in [2.24, 2.45) is 0 Å². The van der Waals surface area contributed by atoms with Crippen molar-refractivity contribution in [1.82, 2.24) is 0 Å². The lowest BCUT2D eigenvalue weighted by molar-refractivity contribution is 0.627. The van der Waals surface area contributed by atoms with Gasteiger partial charge in [-0.25, -0.2) is 4.39 Å². The standard InChI is InChI=1S/C14H11BrClF/c1-9-2-7-13(15)12(8-9)14(16)10-3-5-11(17)6-4-10/h2-8,14H,1H3. The van der Waals surface area contributed by atoms with Crippen LogP contribution in [0.5, 0.6) is 0 Å². The van der Waals surface area contributed by atoms with Crippen molar-refractivity contribution >= 4 is 27.5 Å². The number of hydrogen-bond acceptors (Lipinski definition) is 0. The Morgan fingerprint density at radius 3 is 2.41 bits per heavy atom. The van der Waals surface area contributed by atoms with E-state index in [1.54, 1.807) is 12.1 Å². The molecule has 0 nitrogen and oxygen atoms in total. The Balaban J connectivity index is 2.39. The lowest BCUT2D eigenvalue weighted by Crippen LogP contribution is -1.95. The molecular formula is C14H11BrClF. The summed E-state index contributed by atoms with van der Waals surface area (Å²) in [5, 5.41) is -0.273. The van der Waals surface area contributed by atoms with Crippen molar-refractivity contribution in [3.05, 3.63) is 69.4 Å². The van der Waals surface area contributed by atoms with Crippen molar-refractivity contribution in [1.29, 1.82) is 0 Å². The van der Waals surface area contributed by atoms with Gasteiger partial charge in [-0.15, -0.1) is 11.6 Å². The molecule has 2 aromatic rings. The van der Waals surface area contributed by atoms with Crippen LogP contribution in [-0.2, 0) is 0 Å². The summed E-state index contributed by atoms with van der Waals surface area (Å²) in [6.45, 7) is 2.02. The summed E-state index contributed by atoms with van der Waals surface area (Å²) in [6.07, 6.45) is 0. The van der Waals surface area contributed by atoms with E-state index >= 15 is 0 Å². The highest BCUT2D eigenvalue weighted by molar-refractivity contribution is 9.10. The van der Waals surface area contributed by atoms with E-state index in [0.717, 1.165) is 21.2 Å². The van der Waals surface area contributed by atoms with Crippen LogP contribution in [0.25, 0.3) is 0 Å². The summed E-state index contributed by atoms with van der Waals surface area (Å²) >= 11 is 9.89. The molecule has 0 saturated heterocycles. The molecule has 0 aliphatic carbocycles. The van der Waals surface area contributed by atoms with Crippen molar-refractivity contribution in [2.75, 3.05) is 0 Å². The zero-order valence-electron chi connectivity index (χ0n) is 9.25. The van der Waals surface area contributed by atoms with Crippen LogP contribution in [-0.4, -0.2) is 0 Å². The fourth-order valence-corrected chi connectivity index (χ4v) is 2.60. The third-order valence-electron chi connectivity index (χ3n) is 2.59. The quantitative estimate of drug-likeness (QED) is 0.666. The molecule has 0 heterocycles. The molecule has 17 heavy (non-hydrogen) atoms. The molecule has 0 spiro atoms. The second kappa shape index (κ2) is 5.19. The van der Waals surface area contributed by atoms with E-state index in [1.165, 1.54) is 12.1 Å². The van der Waals surface area contributed by atoms with Gasteiger partial charge in [-0.2, -0.15) is 0 Å². The summed E-state index contributed by atoms with van der Waals surface area (Å²) in [5.41, 5.74) is 3.04. The van der Waals surface area contributed by atoms with Crippen LogP contribution in [0.4, 0.5) is 4.39 Å². The lowest BCUT2D eigenvalue weighted by Gasteiger charge is -2.13. The summed E-state index contributed by atoms with van der Waals surface area (Å²) in [4.78, 5) is 0. The van der Waals surface area contributed by atoms with Crippen molar-refractivity contribution in [3.63, 3.8) is 0 Å². The number of hydrogen-bond donors (Lipinski definition) is 0. The summed E-state index contributed by atoms with van der Waals surface area (Å²) in [7, 11) is 0. The predicted octanol–water partition coefficient (Wildman–Crippen LogP) is 5.22. The average molecular weight is 314 g/mol. The van der Waals surface area contributed by atoms with Gasteiger partial charge in [0.25, 0.3) is 0 Å². The molecular weight excluding hydrogens is 303 g/mol. The Morgan fingerprint density at radius 1 is 1.12 bits per heavy atom. The fourth-order valence-electron chi connectivity index (χ4n) is 1.67. The number of halogens is 3. The van der Waals surface area contributed by atoms with Crippen molar-refractivity contribution < 1.29 is 4.39 Å². The molecule has 0 aliphatic heterocycles. The maximum absolute atomic E-state index is 12.8. The summed E-state index contributed by atoms with van der Waals surface area (Å²) in [6, 6.07) is 12.3. The first-order valence-electron chi connectivity index (χ1n) is 5.23. The van der Waals surface area contributed by atoms with Crippen LogP contribution in [0.2, 0.25) is 0 Å². The van der Waals surface area contributed by atoms with E-state index in [9.17, 15) is 4.39 Å². The third kappa shape index (κ3) is 2.88. The number of benzene rings is 2. The van der Waals surface area contributed by atoms with Gasteiger partial charge in [-0.3, -0.25) is 0 Å². The molecule has 2 aromatic carbocycles. The number of rotatable bonds is 2. The van der Waals surface area contributed by atoms with Gasteiger partial charge in [0.2, 0.25) is 0 Å². The third-order valence-corrected chi connectivity index (χ3v) is 3.80. The molecule has 0 bridgehead atoms. The van der Waals surface area contributed by atoms with Gasteiger partial charge in [0.15, 0.2) is 0 Å². The highest BCUT2D eigenvalue weighted by Gasteiger charge is 2.14. The Kier molecular flexibility index (Phi) is 3.85. The molecule has 0 radical (unpaired) electrons. The van der Waals surface area contributed by atoms with Gasteiger partial charge in [0.05, 0.1) is 5.38 Å². The van der Waals surface area contributed by atoms with Gasteiger partial charge in [-0.1, -0.05) is 45.8 Å². The van der Waals surface area contributed by atoms with Crippen LogP contribution in [0.15, 0.2) is 46.9 Å². The van der Waals surface area contributed by atoms with Gasteiger partial charge in [-0.05, 0) is 36.2 Å². The molecule has 0 amide bonds. The Morgan fingerprint density at radius 2 is 1.76 bits per heavy atom. The topological polar surface area (TPSA) is 0 Å². The van der Waals surface area contributed by atoms with Gasteiger partial charge < -0.3 is 0 Å². The van der Waals surface area contributed by atoms with E-state index in [1.807, 2.05) is 25.1 Å². The number of alkyl halides is 1. The first kappa shape index (κ1) is 12.6. The van der Waals surface area contributed by atoms with Crippen molar-refractivity contribution in [3.8, 4) is 0 Å². The monoisotopic (exact) mass is 312 g/mol. The zero-order chi connectivity index (χ0) is 12.4. The predicted molar refractivity (Wildman–Crippen MR) is 73.0 cm³/mol. The van der Waals surface area contributed by atoms with Gasteiger partial charge in [0, 0.05) is 4.47 Å². The van der Waals surface area contributed by atoms with Crippen LogP contribution < -0.4 is 0 Å². The number of aryl methyl sites for hydroxylation is 1. The Hall–Kier alpha value is -0.860. The largest absolute Gasteiger partial charge is 0.207 e. The van der Waals surface area contributed by atoms with E-state index in [0.29, 0.717) is 0 Å². The molecule has 0 aliphatic rings.